The number of carbonyl (C=O) groups excluding carboxylic acids is 2. The van der Waals surface area contributed by atoms with Crippen molar-refractivity contribution in [3.8, 4) is 0 Å². The van der Waals surface area contributed by atoms with Crippen LogP contribution >= 0.6 is 27.5 Å². The van der Waals surface area contributed by atoms with Crippen LogP contribution in [0.1, 0.15) is 12.5 Å². The maximum absolute atomic E-state index is 13.6. The second-order valence-corrected chi connectivity index (χ2v) is 11.0. The first kappa shape index (κ1) is 26.7. The van der Waals surface area contributed by atoms with Crippen molar-refractivity contribution >= 4 is 55.1 Å². The average Bonchev–Trinajstić information content (AvgIpc) is 2.86. The summed E-state index contributed by atoms with van der Waals surface area (Å²) < 4.78 is 29.0. The van der Waals surface area contributed by atoms with Gasteiger partial charge in [0.1, 0.15) is 12.6 Å². The molecule has 0 aliphatic rings. The van der Waals surface area contributed by atoms with E-state index in [4.69, 9.17) is 11.6 Å². The standard InChI is InChI=1S/C25H25BrClN3O4S/c1-18(25(32)28-2)29(16-19-7-6-8-20(26)15-19)24(31)17-30(22-13-11-21(27)12-14-22)35(33,34)23-9-4-3-5-10-23/h3-15,18H,16-17H2,1-2H3,(H,28,32)/t18-/m0/s1. The number of anilines is 1. The van der Waals surface area contributed by atoms with Gasteiger partial charge in [0.2, 0.25) is 11.8 Å². The van der Waals surface area contributed by atoms with Crippen LogP contribution in [-0.2, 0) is 26.2 Å². The molecule has 7 nitrogen and oxygen atoms in total. The number of hydrogen-bond acceptors (Lipinski definition) is 4. The molecule has 0 aromatic heterocycles. The van der Waals surface area contributed by atoms with E-state index in [0.717, 1.165) is 14.3 Å². The van der Waals surface area contributed by atoms with Gasteiger partial charge >= 0.3 is 0 Å². The van der Waals surface area contributed by atoms with E-state index < -0.39 is 28.5 Å². The summed E-state index contributed by atoms with van der Waals surface area (Å²) in [4.78, 5) is 27.5. The summed E-state index contributed by atoms with van der Waals surface area (Å²) in [5.41, 5.74) is 1.06. The molecule has 0 saturated heterocycles. The number of halogens is 2. The van der Waals surface area contributed by atoms with Crippen molar-refractivity contribution < 1.29 is 18.0 Å². The largest absolute Gasteiger partial charge is 0.357 e. The van der Waals surface area contributed by atoms with Crippen LogP contribution < -0.4 is 9.62 Å². The van der Waals surface area contributed by atoms with Crippen molar-refractivity contribution in [2.24, 2.45) is 0 Å². The number of sulfonamides is 1. The molecule has 0 fully saturated rings. The highest BCUT2D eigenvalue weighted by Crippen LogP contribution is 2.26. The molecule has 0 unspecified atom stereocenters. The quantitative estimate of drug-likeness (QED) is 0.406. The number of hydrogen-bond donors (Lipinski definition) is 1. The van der Waals surface area contributed by atoms with Gasteiger partial charge in [0.15, 0.2) is 0 Å². The van der Waals surface area contributed by atoms with Crippen molar-refractivity contribution in [2.45, 2.75) is 24.4 Å². The third-order valence-corrected chi connectivity index (χ3v) is 7.91. The second kappa shape index (κ2) is 11.7. The SMILES string of the molecule is CNC(=O)[C@H](C)N(Cc1cccc(Br)c1)C(=O)CN(c1ccc(Cl)cc1)S(=O)(=O)c1ccccc1. The Labute approximate surface area is 218 Å². The molecule has 10 heteroatoms. The summed E-state index contributed by atoms with van der Waals surface area (Å²) in [5.74, 6) is -0.896. The van der Waals surface area contributed by atoms with Crippen LogP contribution in [0.25, 0.3) is 0 Å². The van der Waals surface area contributed by atoms with E-state index in [1.807, 2.05) is 24.3 Å². The molecule has 1 N–H and O–H groups in total. The summed E-state index contributed by atoms with van der Waals surface area (Å²) in [6.07, 6.45) is 0. The molecule has 0 aliphatic heterocycles. The smallest absolute Gasteiger partial charge is 0.264 e. The van der Waals surface area contributed by atoms with Gasteiger partial charge in [-0.05, 0) is 61.0 Å². The molecule has 0 saturated carbocycles. The van der Waals surface area contributed by atoms with Crippen molar-refractivity contribution in [2.75, 3.05) is 17.9 Å². The molecule has 0 bridgehead atoms. The van der Waals surface area contributed by atoms with Gasteiger partial charge in [0, 0.05) is 23.1 Å². The van der Waals surface area contributed by atoms with E-state index in [0.29, 0.717) is 5.02 Å². The average molecular weight is 579 g/mol. The molecule has 0 heterocycles. The Kier molecular flexibility index (Phi) is 8.93. The van der Waals surface area contributed by atoms with Crippen molar-refractivity contribution in [3.05, 3.63) is 93.9 Å². The van der Waals surface area contributed by atoms with Gasteiger partial charge in [-0.25, -0.2) is 8.42 Å². The highest BCUT2D eigenvalue weighted by atomic mass is 79.9. The zero-order chi connectivity index (χ0) is 25.6. The Morgan fingerprint density at radius 3 is 2.26 bits per heavy atom. The van der Waals surface area contributed by atoms with Crippen molar-refractivity contribution in [3.63, 3.8) is 0 Å². The van der Waals surface area contributed by atoms with Gasteiger partial charge in [-0.3, -0.25) is 13.9 Å². The van der Waals surface area contributed by atoms with E-state index in [9.17, 15) is 18.0 Å². The van der Waals surface area contributed by atoms with Crippen LogP contribution in [0, 0.1) is 0 Å². The Morgan fingerprint density at radius 1 is 1.00 bits per heavy atom. The van der Waals surface area contributed by atoms with Crippen LogP contribution in [0.2, 0.25) is 5.02 Å². The van der Waals surface area contributed by atoms with Gasteiger partial charge in [-0.1, -0.05) is 57.9 Å². The molecule has 3 rings (SSSR count). The van der Waals surface area contributed by atoms with Gasteiger partial charge in [-0.15, -0.1) is 0 Å². The lowest BCUT2D eigenvalue weighted by Crippen LogP contribution is -2.50. The highest BCUT2D eigenvalue weighted by Gasteiger charge is 2.32. The van der Waals surface area contributed by atoms with E-state index in [-0.39, 0.29) is 23.0 Å². The molecular weight excluding hydrogens is 554 g/mol. The number of benzene rings is 3. The lowest BCUT2D eigenvalue weighted by Gasteiger charge is -2.31. The number of rotatable bonds is 9. The summed E-state index contributed by atoms with van der Waals surface area (Å²) in [6.45, 7) is 1.22. The summed E-state index contributed by atoms with van der Waals surface area (Å²) >= 11 is 9.42. The Morgan fingerprint density at radius 2 is 1.66 bits per heavy atom. The molecule has 0 radical (unpaired) electrons. The van der Waals surface area contributed by atoms with Crippen LogP contribution in [0.3, 0.4) is 0 Å². The molecule has 0 spiro atoms. The zero-order valence-electron chi connectivity index (χ0n) is 19.2. The number of likely N-dealkylation sites (N-methyl/N-ethyl adjacent to an activating group) is 1. The van der Waals surface area contributed by atoms with Crippen LogP contribution in [0.15, 0.2) is 88.2 Å². The molecule has 35 heavy (non-hydrogen) atoms. The Hall–Kier alpha value is -2.88. The molecule has 3 aromatic carbocycles. The highest BCUT2D eigenvalue weighted by molar-refractivity contribution is 9.10. The minimum Gasteiger partial charge on any atom is -0.357 e. The van der Waals surface area contributed by atoms with Crippen LogP contribution in [0.4, 0.5) is 5.69 Å². The maximum atomic E-state index is 13.6. The predicted molar refractivity (Wildman–Crippen MR) is 141 cm³/mol. The summed E-state index contributed by atoms with van der Waals surface area (Å²) in [5, 5.41) is 2.99. The van der Waals surface area contributed by atoms with E-state index >= 15 is 0 Å². The molecule has 3 aromatic rings. The monoisotopic (exact) mass is 577 g/mol. The predicted octanol–water partition coefficient (Wildman–Crippen LogP) is 4.46. The topological polar surface area (TPSA) is 86.8 Å². The normalized spacial score (nSPS) is 12.0. The number of amides is 2. The Balaban J connectivity index is 2.01. The first-order chi connectivity index (χ1) is 16.6. The first-order valence-electron chi connectivity index (χ1n) is 10.7. The van der Waals surface area contributed by atoms with Crippen LogP contribution in [-0.4, -0.2) is 44.8 Å². The Bertz CT molecular complexity index is 1290. The van der Waals surface area contributed by atoms with E-state index in [1.165, 1.54) is 36.2 Å². The molecule has 184 valence electrons. The minimum atomic E-state index is -4.09. The van der Waals surface area contributed by atoms with Crippen molar-refractivity contribution in [1.29, 1.82) is 0 Å². The lowest BCUT2D eigenvalue weighted by atomic mass is 10.1. The minimum absolute atomic E-state index is 0.0423. The number of nitrogens with one attached hydrogen (secondary N) is 1. The molecule has 0 aliphatic carbocycles. The fourth-order valence-electron chi connectivity index (χ4n) is 3.48. The van der Waals surface area contributed by atoms with Crippen LogP contribution in [0.5, 0.6) is 0 Å². The fourth-order valence-corrected chi connectivity index (χ4v) is 5.49. The fraction of sp³-hybridized carbons (Fsp3) is 0.200. The molecular formula is C25H25BrClN3O4S. The molecule has 1 atom stereocenters. The third-order valence-electron chi connectivity index (χ3n) is 5.38. The van der Waals surface area contributed by atoms with Gasteiger partial charge < -0.3 is 10.2 Å². The number of nitrogens with zero attached hydrogens (tertiary/aromatic N) is 2. The molecule has 2 amide bonds. The van der Waals surface area contributed by atoms with Gasteiger partial charge in [0.25, 0.3) is 10.0 Å². The number of carbonyl (C=O) groups is 2. The summed E-state index contributed by atoms with van der Waals surface area (Å²) in [6, 6.07) is 20.6. The zero-order valence-corrected chi connectivity index (χ0v) is 22.3. The van der Waals surface area contributed by atoms with E-state index in [1.54, 1.807) is 37.3 Å². The van der Waals surface area contributed by atoms with Gasteiger partial charge in [-0.2, -0.15) is 0 Å². The first-order valence-corrected chi connectivity index (χ1v) is 13.3. The third kappa shape index (κ3) is 6.62. The second-order valence-electron chi connectivity index (χ2n) is 7.74. The van der Waals surface area contributed by atoms with Gasteiger partial charge in [0.05, 0.1) is 10.6 Å². The maximum Gasteiger partial charge on any atom is 0.264 e. The summed E-state index contributed by atoms with van der Waals surface area (Å²) in [7, 11) is -2.61. The lowest BCUT2D eigenvalue weighted by molar-refractivity contribution is -0.139. The van der Waals surface area contributed by atoms with E-state index in [2.05, 4.69) is 21.2 Å². The van der Waals surface area contributed by atoms with Crippen molar-refractivity contribution in [1.82, 2.24) is 10.2 Å².